The predicted octanol–water partition coefficient (Wildman–Crippen LogP) is 5.13. The Morgan fingerprint density at radius 1 is 1.02 bits per heavy atom. The van der Waals surface area contributed by atoms with Crippen LogP contribution in [-0.2, 0) is 23.1 Å². The lowest BCUT2D eigenvalue weighted by atomic mass is 10.2. The van der Waals surface area contributed by atoms with Gasteiger partial charge in [0.25, 0.3) is 0 Å². The number of carboxylic acids is 1. The molecule has 0 bridgehead atoms. The number of nitrogens with zero attached hydrogens (tertiary/aromatic N) is 5. The maximum atomic E-state index is 14.0. The average molecular weight is 571 g/mol. The number of benzene rings is 3. The summed E-state index contributed by atoms with van der Waals surface area (Å²) < 4.78 is 55.3. The van der Waals surface area contributed by atoms with Crippen LogP contribution in [0.1, 0.15) is 5.82 Å². The number of fused-ring (bicyclic) bond motifs is 2. The number of carboxylic acid groups (broad SMARTS) is 1. The standard InChI is InChI=1S/C26H25FN6O.C2HF3O2/c1-31-23-8-3-2-7-21(23)30-25(31)16-28-22-14-20(32-9-11-34-12-10-32)15-24-26(22)29-17-33(24)19-6-4-5-18(27)13-19;3-2(4,5)1(6)7/h2-8,13-15,17,28H,9-12,16H2,1H3;(H,6,7). The third-order valence-electron chi connectivity index (χ3n) is 6.66. The highest BCUT2D eigenvalue weighted by Gasteiger charge is 2.38. The molecule has 1 aliphatic heterocycles. The number of hydrogen-bond acceptors (Lipinski definition) is 6. The smallest absolute Gasteiger partial charge is 0.475 e. The molecule has 0 radical (unpaired) electrons. The van der Waals surface area contributed by atoms with E-state index in [0.29, 0.717) is 19.8 Å². The molecule has 0 spiro atoms. The first-order chi connectivity index (χ1) is 19.6. The van der Waals surface area contributed by atoms with Crippen LogP contribution in [0, 0.1) is 5.82 Å². The summed E-state index contributed by atoms with van der Waals surface area (Å²) in [6.07, 6.45) is -3.33. The number of nitrogens with one attached hydrogen (secondary N) is 1. The molecule has 1 saturated heterocycles. The van der Waals surface area contributed by atoms with Crippen molar-refractivity contribution in [1.82, 2.24) is 19.1 Å². The third kappa shape index (κ3) is 6.09. The summed E-state index contributed by atoms with van der Waals surface area (Å²) in [6.45, 7) is 3.60. The van der Waals surface area contributed by atoms with Gasteiger partial charge in [-0.1, -0.05) is 18.2 Å². The minimum Gasteiger partial charge on any atom is -0.475 e. The summed E-state index contributed by atoms with van der Waals surface area (Å²) in [7, 11) is 2.03. The van der Waals surface area contributed by atoms with Gasteiger partial charge < -0.3 is 24.6 Å². The summed E-state index contributed by atoms with van der Waals surface area (Å²) in [5, 5.41) is 10.7. The number of alkyl halides is 3. The SMILES string of the molecule is Cn1c(CNc2cc(N3CCOCC3)cc3c2ncn3-c2cccc(F)c2)nc2ccccc21.O=C(O)C(F)(F)F. The molecule has 9 nitrogen and oxygen atoms in total. The molecule has 1 aliphatic rings. The number of aryl methyl sites for hydroxylation is 1. The van der Waals surface area contributed by atoms with Crippen LogP contribution in [0.2, 0.25) is 0 Å². The Morgan fingerprint density at radius 2 is 1.76 bits per heavy atom. The Labute approximate surface area is 231 Å². The number of hydrogen-bond donors (Lipinski definition) is 2. The lowest BCUT2D eigenvalue weighted by molar-refractivity contribution is -0.192. The topological polar surface area (TPSA) is 97.4 Å². The van der Waals surface area contributed by atoms with Gasteiger partial charge in [-0.25, -0.2) is 19.2 Å². The molecule has 0 unspecified atom stereocenters. The molecule has 0 atom stereocenters. The number of morpholine rings is 1. The van der Waals surface area contributed by atoms with E-state index in [1.807, 2.05) is 35.9 Å². The molecule has 2 N–H and O–H groups in total. The average Bonchev–Trinajstić information content (AvgIpc) is 3.53. The van der Waals surface area contributed by atoms with E-state index in [9.17, 15) is 17.6 Å². The minimum atomic E-state index is -5.08. The van der Waals surface area contributed by atoms with Crippen LogP contribution in [0.3, 0.4) is 0 Å². The molecule has 41 heavy (non-hydrogen) atoms. The normalized spacial score (nSPS) is 13.7. The van der Waals surface area contributed by atoms with Crippen LogP contribution < -0.4 is 10.2 Å². The molecule has 0 aliphatic carbocycles. The molecule has 2 aromatic heterocycles. The van der Waals surface area contributed by atoms with Crippen molar-refractivity contribution in [2.45, 2.75) is 12.7 Å². The fraction of sp³-hybridized carbons (Fsp3) is 0.250. The van der Waals surface area contributed by atoms with Crippen molar-refractivity contribution < 1.29 is 32.2 Å². The molecule has 3 aromatic carbocycles. The third-order valence-corrected chi connectivity index (χ3v) is 6.66. The van der Waals surface area contributed by atoms with Gasteiger partial charge in [0, 0.05) is 25.8 Å². The van der Waals surface area contributed by atoms with Gasteiger partial charge in [-0.2, -0.15) is 13.2 Å². The minimum absolute atomic E-state index is 0.274. The highest BCUT2D eigenvalue weighted by atomic mass is 19.4. The largest absolute Gasteiger partial charge is 0.490 e. The summed E-state index contributed by atoms with van der Waals surface area (Å²) in [4.78, 5) is 20.7. The number of anilines is 2. The second-order valence-electron chi connectivity index (χ2n) is 9.29. The highest BCUT2D eigenvalue weighted by Crippen LogP contribution is 2.32. The van der Waals surface area contributed by atoms with Crippen molar-refractivity contribution >= 4 is 39.4 Å². The van der Waals surface area contributed by atoms with Crippen molar-refractivity contribution in [3.8, 4) is 5.69 Å². The monoisotopic (exact) mass is 570 g/mol. The second-order valence-corrected chi connectivity index (χ2v) is 9.29. The van der Waals surface area contributed by atoms with Gasteiger partial charge in [0.2, 0.25) is 0 Å². The number of aliphatic carboxylic acids is 1. The molecule has 6 rings (SSSR count). The molecule has 0 amide bonds. The maximum Gasteiger partial charge on any atom is 0.490 e. The van der Waals surface area contributed by atoms with Gasteiger partial charge in [-0.3, -0.25) is 4.57 Å². The molecule has 13 heteroatoms. The van der Waals surface area contributed by atoms with E-state index in [-0.39, 0.29) is 5.82 Å². The number of rotatable bonds is 5. The van der Waals surface area contributed by atoms with Crippen molar-refractivity contribution in [2.24, 2.45) is 7.05 Å². The van der Waals surface area contributed by atoms with Gasteiger partial charge >= 0.3 is 12.1 Å². The Morgan fingerprint density at radius 3 is 2.44 bits per heavy atom. The van der Waals surface area contributed by atoms with Crippen molar-refractivity contribution in [3.63, 3.8) is 0 Å². The highest BCUT2D eigenvalue weighted by molar-refractivity contribution is 5.93. The van der Waals surface area contributed by atoms with Crippen LogP contribution in [0.15, 0.2) is 67.0 Å². The van der Waals surface area contributed by atoms with Crippen LogP contribution in [0.5, 0.6) is 0 Å². The molecule has 1 fully saturated rings. The number of ether oxygens (including phenoxy) is 1. The Bertz CT molecular complexity index is 1690. The van der Waals surface area contributed by atoms with E-state index in [1.165, 1.54) is 12.1 Å². The van der Waals surface area contributed by atoms with Gasteiger partial charge in [-0.15, -0.1) is 0 Å². The second kappa shape index (κ2) is 11.5. The summed E-state index contributed by atoms with van der Waals surface area (Å²) in [6, 6.07) is 19.0. The van der Waals surface area contributed by atoms with Gasteiger partial charge in [0.05, 0.1) is 47.7 Å². The van der Waals surface area contributed by atoms with E-state index in [1.54, 1.807) is 12.4 Å². The van der Waals surface area contributed by atoms with E-state index >= 15 is 0 Å². The van der Waals surface area contributed by atoms with Crippen LogP contribution in [0.4, 0.5) is 28.9 Å². The van der Waals surface area contributed by atoms with E-state index in [2.05, 4.69) is 33.0 Å². The number of imidazole rings is 2. The number of para-hydroxylation sites is 2. The molecule has 3 heterocycles. The van der Waals surface area contributed by atoms with Gasteiger partial charge in [-0.05, 0) is 42.5 Å². The zero-order valence-electron chi connectivity index (χ0n) is 21.9. The first kappa shape index (κ1) is 27.9. The lowest BCUT2D eigenvalue weighted by Crippen LogP contribution is -2.36. The number of carbonyl (C=O) groups is 1. The van der Waals surface area contributed by atoms with Crippen LogP contribution >= 0.6 is 0 Å². The van der Waals surface area contributed by atoms with Crippen molar-refractivity contribution in [3.05, 3.63) is 78.6 Å². The van der Waals surface area contributed by atoms with Crippen LogP contribution in [0.25, 0.3) is 27.8 Å². The Balaban J connectivity index is 0.000000431. The van der Waals surface area contributed by atoms with E-state index < -0.39 is 12.1 Å². The maximum absolute atomic E-state index is 14.0. The summed E-state index contributed by atoms with van der Waals surface area (Å²) >= 11 is 0. The van der Waals surface area contributed by atoms with Crippen molar-refractivity contribution in [2.75, 3.05) is 36.5 Å². The zero-order chi connectivity index (χ0) is 29.1. The lowest BCUT2D eigenvalue weighted by Gasteiger charge is -2.29. The molecule has 214 valence electrons. The first-order valence-corrected chi connectivity index (χ1v) is 12.7. The molecule has 0 saturated carbocycles. The zero-order valence-corrected chi connectivity index (χ0v) is 21.9. The van der Waals surface area contributed by atoms with Crippen LogP contribution in [-0.4, -0.2) is 62.7 Å². The molecular weight excluding hydrogens is 544 g/mol. The van der Waals surface area contributed by atoms with Gasteiger partial charge in [0.15, 0.2) is 0 Å². The van der Waals surface area contributed by atoms with E-state index in [4.69, 9.17) is 24.6 Å². The Kier molecular flexibility index (Phi) is 7.79. The fourth-order valence-electron chi connectivity index (χ4n) is 4.60. The van der Waals surface area contributed by atoms with Crippen molar-refractivity contribution in [1.29, 1.82) is 0 Å². The number of aromatic nitrogens is 4. The predicted molar refractivity (Wildman–Crippen MR) is 146 cm³/mol. The quantitative estimate of drug-likeness (QED) is 0.283. The fourth-order valence-corrected chi connectivity index (χ4v) is 4.60. The number of halogens is 4. The summed E-state index contributed by atoms with van der Waals surface area (Å²) in [5.74, 6) is -2.09. The van der Waals surface area contributed by atoms with Gasteiger partial charge in [0.1, 0.15) is 23.5 Å². The first-order valence-electron chi connectivity index (χ1n) is 12.7. The van der Waals surface area contributed by atoms with E-state index in [0.717, 1.165) is 58.0 Å². The molecular formula is C28H26F4N6O3. The Hall–Kier alpha value is -4.65. The summed E-state index contributed by atoms with van der Waals surface area (Å²) in [5.41, 5.74) is 6.57. The molecule has 5 aromatic rings.